The van der Waals surface area contributed by atoms with E-state index in [2.05, 4.69) is 20.1 Å². The number of primary amides is 1. The normalized spacial score (nSPS) is 13.4. The van der Waals surface area contributed by atoms with Crippen molar-refractivity contribution in [2.24, 2.45) is 11.6 Å². The molecule has 0 atom stereocenters. The minimum atomic E-state index is -0.620. The van der Waals surface area contributed by atoms with E-state index in [1.807, 2.05) is 55.5 Å². The summed E-state index contributed by atoms with van der Waals surface area (Å²) in [5.41, 5.74) is 7.98. The van der Waals surface area contributed by atoms with Gasteiger partial charge < -0.3 is 15.4 Å². The Kier molecular flexibility index (Phi) is 10.3. The predicted octanol–water partition coefficient (Wildman–Crippen LogP) is 1.53. The first-order chi connectivity index (χ1) is 18.3. The fourth-order valence-corrected chi connectivity index (χ4v) is 3.76. The van der Waals surface area contributed by atoms with E-state index in [-0.39, 0.29) is 5.82 Å². The molecule has 3 aromatic rings. The first-order valence-corrected chi connectivity index (χ1v) is 12.3. The Hall–Kier alpha value is -4.29. The second-order valence-electron chi connectivity index (χ2n) is 8.85. The van der Waals surface area contributed by atoms with Gasteiger partial charge in [0.25, 0.3) is 5.91 Å². The maximum Gasteiger partial charge on any atom is 0.288 e. The van der Waals surface area contributed by atoms with Gasteiger partial charge in [0.1, 0.15) is 17.4 Å². The number of nitrogens with two attached hydrogens (primary N) is 2. The van der Waals surface area contributed by atoms with Crippen LogP contribution >= 0.6 is 0 Å². The van der Waals surface area contributed by atoms with Gasteiger partial charge in [0, 0.05) is 33.1 Å². The number of amides is 2. The maximum atomic E-state index is 11.1. The van der Waals surface area contributed by atoms with Gasteiger partial charge in [-0.3, -0.25) is 30.0 Å². The molecule has 1 aromatic heterocycles. The van der Waals surface area contributed by atoms with Crippen molar-refractivity contribution in [3.63, 3.8) is 0 Å². The molecule has 0 bridgehead atoms. The highest BCUT2D eigenvalue weighted by Crippen LogP contribution is 2.29. The fraction of sp³-hybridized carbons (Fsp3) is 0.346. The van der Waals surface area contributed by atoms with Gasteiger partial charge in [0.2, 0.25) is 12.2 Å². The second-order valence-corrected chi connectivity index (χ2v) is 8.85. The maximum absolute atomic E-state index is 11.1. The molecular formula is C26H35N9O3. The number of nitrogens with one attached hydrogen (secondary N) is 2. The minimum Gasteiger partial charge on any atom is -0.491 e. The van der Waals surface area contributed by atoms with Crippen LogP contribution in [0.25, 0.3) is 0 Å². The molecule has 2 heterocycles. The monoisotopic (exact) mass is 521 g/mol. The Morgan fingerprint density at radius 3 is 2.61 bits per heavy atom. The van der Waals surface area contributed by atoms with Gasteiger partial charge >= 0.3 is 0 Å². The SMILES string of the molecule is CCCOc1ccc(CN2CCN(N)C(=N)C2)cc1N(C)C=O.NC(=O)c1n[nH]c(Cc2ccccc2)n1. The Morgan fingerprint density at radius 2 is 1.97 bits per heavy atom. The molecule has 12 heteroatoms. The summed E-state index contributed by atoms with van der Waals surface area (Å²) in [7, 11) is 1.72. The van der Waals surface area contributed by atoms with Gasteiger partial charge in [-0.05, 0) is 29.7 Å². The quantitative estimate of drug-likeness (QED) is 0.230. The third-order valence-corrected chi connectivity index (χ3v) is 5.77. The van der Waals surface area contributed by atoms with Crippen LogP contribution in [0.1, 0.15) is 40.9 Å². The highest BCUT2D eigenvalue weighted by Gasteiger charge is 2.19. The molecular weight excluding hydrogens is 486 g/mol. The molecule has 0 radical (unpaired) electrons. The van der Waals surface area contributed by atoms with Crippen molar-refractivity contribution in [2.45, 2.75) is 26.3 Å². The summed E-state index contributed by atoms with van der Waals surface area (Å²) in [6.07, 6.45) is 2.30. The van der Waals surface area contributed by atoms with Crippen LogP contribution in [0.5, 0.6) is 5.75 Å². The number of hydrogen-bond acceptors (Lipinski definition) is 8. The van der Waals surface area contributed by atoms with Gasteiger partial charge in [-0.15, -0.1) is 5.10 Å². The molecule has 0 saturated carbocycles. The first-order valence-electron chi connectivity index (χ1n) is 12.3. The first kappa shape index (κ1) is 28.3. The number of hydrazine groups is 1. The summed E-state index contributed by atoms with van der Waals surface area (Å²) >= 11 is 0. The Bertz CT molecular complexity index is 1220. The zero-order valence-corrected chi connectivity index (χ0v) is 21.8. The summed E-state index contributed by atoms with van der Waals surface area (Å²) in [5.74, 6) is 6.88. The zero-order chi connectivity index (χ0) is 27.5. The van der Waals surface area contributed by atoms with E-state index in [0.29, 0.717) is 50.1 Å². The highest BCUT2D eigenvalue weighted by molar-refractivity contribution is 5.88. The Morgan fingerprint density at radius 1 is 1.21 bits per heavy atom. The van der Waals surface area contributed by atoms with Crippen molar-refractivity contribution in [1.29, 1.82) is 5.41 Å². The lowest BCUT2D eigenvalue weighted by molar-refractivity contribution is -0.107. The Balaban J connectivity index is 0.000000230. The van der Waals surface area contributed by atoms with E-state index in [4.69, 9.17) is 21.7 Å². The topological polar surface area (TPSA) is 171 Å². The summed E-state index contributed by atoms with van der Waals surface area (Å²) in [4.78, 5) is 29.5. The number of anilines is 1. The van der Waals surface area contributed by atoms with Crippen molar-refractivity contribution < 1.29 is 14.3 Å². The van der Waals surface area contributed by atoms with Crippen molar-refractivity contribution in [3.05, 3.63) is 71.3 Å². The fourth-order valence-electron chi connectivity index (χ4n) is 3.76. The van der Waals surface area contributed by atoms with Gasteiger partial charge in [0.05, 0.1) is 18.8 Å². The van der Waals surface area contributed by atoms with E-state index in [1.54, 1.807) is 7.05 Å². The van der Waals surface area contributed by atoms with Gasteiger partial charge in [-0.25, -0.2) is 10.8 Å². The largest absolute Gasteiger partial charge is 0.491 e. The molecule has 1 fully saturated rings. The summed E-state index contributed by atoms with van der Waals surface area (Å²) in [5, 5.41) is 15.7. The highest BCUT2D eigenvalue weighted by atomic mass is 16.5. The molecule has 0 aliphatic carbocycles. The molecule has 38 heavy (non-hydrogen) atoms. The number of amidine groups is 1. The zero-order valence-electron chi connectivity index (χ0n) is 21.8. The molecule has 1 aliphatic rings. The van der Waals surface area contributed by atoms with Crippen LogP contribution < -0.4 is 21.2 Å². The number of H-pyrrole nitrogens is 1. The van der Waals surface area contributed by atoms with E-state index in [0.717, 1.165) is 36.2 Å². The second kappa shape index (κ2) is 13.9. The van der Waals surface area contributed by atoms with Crippen molar-refractivity contribution in [1.82, 2.24) is 25.1 Å². The number of aromatic nitrogens is 3. The van der Waals surface area contributed by atoms with E-state index in [9.17, 15) is 9.59 Å². The molecule has 2 aromatic carbocycles. The standard InChI is InChI=1S/C16H25N5O2.C10H10N4O/c1-3-8-23-15-5-4-13(9-14(15)19(2)12-22)10-20-6-7-21(18)16(17)11-20;11-9(15)10-12-8(13-14-10)6-7-4-2-1-3-5-7/h4-5,9,12,17H,3,6-8,10-11,18H2,1-2H3;1-5H,6H2,(H2,11,15)(H,12,13,14). The number of piperazine rings is 1. The lowest BCUT2D eigenvalue weighted by Crippen LogP contribution is -2.52. The van der Waals surface area contributed by atoms with Crippen LogP contribution in [0.15, 0.2) is 48.5 Å². The number of hydrogen-bond donors (Lipinski definition) is 4. The van der Waals surface area contributed by atoms with E-state index in [1.165, 1.54) is 9.91 Å². The summed E-state index contributed by atoms with van der Waals surface area (Å²) in [6, 6.07) is 15.7. The third kappa shape index (κ3) is 8.11. The van der Waals surface area contributed by atoms with Gasteiger partial charge in [-0.2, -0.15) is 0 Å². The molecule has 6 N–H and O–H groups in total. The number of aromatic amines is 1. The minimum absolute atomic E-state index is 0.0286. The predicted molar refractivity (Wildman–Crippen MR) is 145 cm³/mol. The molecule has 4 rings (SSSR count). The van der Waals surface area contributed by atoms with Gasteiger partial charge in [0.15, 0.2) is 0 Å². The molecule has 0 unspecified atom stereocenters. The van der Waals surface area contributed by atoms with Crippen molar-refractivity contribution in [3.8, 4) is 5.75 Å². The summed E-state index contributed by atoms with van der Waals surface area (Å²) < 4.78 is 5.71. The van der Waals surface area contributed by atoms with E-state index < -0.39 is 5.91 Å². The Labute approximate surface area is 222 Å². The van der Waals surface area contributed by atoms with Crippen LogP contribution in [0, 0.1) is 5.41 Å². The molecule has 1 aliphatic heterocycles. The van der Waals surface area contributed by atoms with Crippen LogP contribution in [-0.4, -0.2) is 76.5 Å². The summed E-state index contributed by atoms with van der Waals surface area (Å²) in [6.45, 7) is 5.37. The van der Waals surface area contributed by atoms with Crippen LogP contribution in [0.3, 0.4) is 0 Å². The number of benzene rings is 2. The molecule has 1 saturated heterocycles. The van der Waals surface area contributed by atoms with E-state index >= 15 is 0 Å². The van der Waals surface area contributed by atoms with Crippen LogP contribution in [0.2, 0.25) is 0 Å². The lowest BCUT2D eigenvalue weighted by atomic mass is 10.1. The average Bonchev–Trinajstić information content (AvgIpc) is 3.39. The molecule has 12 nitrogen and oxygen atoms in total. The van der Waals surface area contributed by atoms with Gasteiger partial charge in [-0.1, -0.05) is 43.3 Å². The average molecular weight is 522 g/mol. The number of nitrogens with zero attached hydrogens (tertiary/aromatic N) is 5. The molecule has 2 amide bonds. The molecule has 202 valence electrons. The van der Waals surface area contributed by atoms with Crippen LogP contribution in [0.4, 0.5) is 5.69 Å². The van der Waals surface area contributed by atoms with Crippen LogP contribution in [-0.2, 0) is 17.8 Å². The third-order valence-electron chi connectivity index (χ3n) is 5.77. The number of carbonyl (C=O) groups excluding carboxylic acids is 2. The van der Waals surface area contributed by atoms with Crippen molar-refractivity contribution >= 4 is 23.8 Å². The lowest BCUT2D eigenvalue weighted by Gasteiger charge is -2.33. The number of ether oxygens (including phenoxy) is 1. The molecule has 0 spiro atoms. The smallest absolute Gasteiger partial charge is 0.288 e. The number of rotatable bonds is 10. The van der Waals surface area contributed by atoms with Crippen molar-refractivity contribution in [2.75, 3.05) is 38.2 Å². The number of carbonyl (C=O) groups is 2.